The fourth-order valence-corrected chi connectivity index (χ4v) is 13.8. The largest absolute Gasteiger partial charge is 0.414 e. The highest BCUT2D eigenvalue weighted by Gasteiger charge is 2.65. The Morgan fingerprint density at radius 3 is 1.84 bits per heavy atom. The highest BCUT2D eigenvalue weighted by molar-refractivity contribution is 6.74. The van der Waals surface area contributed by atoms with E-state index < -0.39 is 33.9 Å². The molecule has 4 saturated carbocycles. The summed E-state index contributed by atoms with van der Waals surface area (Å²) in [6.07, 6.45) is 12.6. The number of aliphatic hydroxyl groups excluding tert-OH is 1. The first kappa shape index (κ1) is 38.1. The van der Waals surface area contributed by atoms with Gasteiger partial charge in [-0.3, -0.25) is 0 Å². The van der Waals surface area contributed by atoms with Gasteiger partial charge in [0, 0.05) is 6.10 Å². The molecule has 0 unspecified atom stereocenters. The van der Waals surface area contributed by atoms with Crippen molar-refractivity contribution in [1.82, 2.24) is 0 Å². The summed E-state index contributed by atoms with van der Waals surface area (Å²) in [6.45, 7) is 34.9. The van der Waals surface area contributed by atoms with E-state index in [9.17, 15) is 10.2 Å². The first-order valence-corrected chi connectivity index (χ1v) is 24.8. The topological polar surface area (TPSA) is 58.9 Å². The maximum Gasteiger partial charge on any atom is 0.192 e. The van der Waals surface area contributed by atoms with Crippen molar-refractivity contribution in [3.8, 4) is 0 Å². The molecular formula is C39H76O4Si2. The van der Waals surface area contributed by atoms with Gasteiger partial charge in [-0.1, -0.05) is 55.4 Å². The van der Waals surface area contributed by atoms with Crippen molar-refractivity contribution < 1.29 is 19.1 Å². The van der Waals surface area contributed by atoms with E-state index in [-0.39, 0.29) is 15.5 Å². The third-order valence-corrected chi connectivity index (χ3v) is 24.6. The van der Waals surface area contributed by atoms with Crippen LogP contribution in [0.2, 0.25) is 36.3 Å². The SMILES string of the molecule is CC(C)(O)CC[C@H](O)[C@](C)(O[Si](C)(C)C(C)(C)C)[C@H]1CC[C@H]2[C@@H]3CC[C@H]4C[C@@H](O[Si](C)(C)C(C)(C)C)CC[C@]4(C)[C@H]3CC[C@@]21C. The minimum absolute atomic E-state index is 0.0704. The second kappa shape index (κ2) is 12.2. The Morgan fingerprint density at radius 1 is 0.733 bits per heavy atom. The van der Waals surface area contributed by atoms with Gasteiger partial charge in [-0.2, -0.15) is 0 Å². The summed E-state index contributed by atoms with van der Waals surface area (Å²) < 4.78 is 14.5. The van der Waals surface area contributed by atoms with E-state index in [1.807, 2.05) is 13.8 Å². The molecule has 0 radical (unpaired) electrons. The van der Waals surface area contributed by atoms with Gasteiger partial charge in [0.05, 0.1) is 17.3 Å². The summed E-state index contributed by atoms with van der Waals surface area (Å²) in [5.74, 6) is 3.44. The van der Waals surface area contributed by atoms with E-state index in [0.717, 1.165) is 24.2 Å². The summed E-state index contributed by atoms with van der Waals surface area (Å²) >= 11 is 0. The Balaban J connectivity index is 1.57. The molecule has 4 nitrogen and oxygen atoms in total. The first-order chi connectivity index (χ1) is 20.2. The van der Waals surface area contributed by atoms with Gasteiger partial charge in [0.1, 0.15) is 0 Å². The number of hydrogen-bond donors (Lipinski definition) is 2. The molecule has 4 aliphatic carbocycles. The molecule has 4 aliphatic rings. The smallest absolute Gasteiger partial charge is 0.192 e. The van der Waals surface area contributed by atoms with Crippen LogP contribution in [0.1, 0.15) is 147 Å². The van der Waals surface area contributed by atoms with Crippen LogP contribution in [0.15, 0.2) is 0 Å². The van der Waals surface area contributed by atoms with E-state index in [4.69, 9.17) is 8.85 Å². The van der Waals surface area contributed by atoms with Gasteiger partial charge in [-0.05, 0) is 168 Å². The average molecular weight is 665 g/mol. The van der Waals surface area contributed by atoms with Crippen LogP contribution in [0.5, 0.6) is 0 Å². The molecule has 4 fully saturated rings. The van der Waals surface area contributed by atoms with Crippen molar-refractivity contribution in [2.45, 2.75) is 206 Å². The molecule has 0 amide bonds. The van der Waals surface area contributed by atoms with Crippen molar-refractivity contribution in [3.05, 3.63) is 0 Å². The van der Waals surface area contributed by atoms with E-state index in [1.54, 1.807) is 0 Å². The molecule has 6 heteroatoms. The molecule has 4 rings (SSSR count). The van der Waals surface area contributed by atoms with Gasteiger partial charge in [0.2, 0.25) is 0 Å². The Morgan fingerprint density at radius 2 is 1.29 bits per heavy atom. The Kier molecular flexibility index (Phi) is 10.4. The zero-order chi connectivity index (χ0) is 34.2. The summed E-state index contributed by atoms with van der Waals surface area (Å²) in [5.41, 5.74) is -0.782. The molecule has 0 aromatic carbocycles. The van der Waals surface area contributed by atoms with Gasteiger partial charge < -0.3 is 19.1 Å². The van der Waals surface area contributed by atoms with Crippen LogP contribution < -0.4 is 0 Å². The minimum Gasteiger partial charge on any atom is -0.414 e. The highest BCUT2D eigenvalue weighted by atomic mass is 28.4. The number of fused-ring (bicyclic) bond motifs is 5. The van der Waals surface area contributed by atoms with E-state index in [1.165, 1.54) is 51.4 Å². The monoisotopic (exact) mass is 665 g/mol. The van der Waals surface area contributed by atoms with Crippen LogP contribution in [0.3, 0.4) is 0 Å². The molecule has 0 aromatic rings. The Labute approximate surface area is 281 Å². The van der Waals surface area contributed by atoms with E-state index in [0.29, 0.717) is 36.2 Å². The van der Waals surface area contributed by atoms with Crippen LogP contribution in [0, 0.1) is 40.4 Å². The fourth-order valence-electron chi connectivity index (χ4n) is 10.7. The standard InChI is InChI=1S/C39H76O4Si2/c1-34(2,3)44(12,13)42-28-20-24-37(9)27(26-28)16-17-29-30-18-19-32(38(30,10)25-21-31(29)37)39(11,33(40)22-23-36(7,8)41)43-45(14,15)35(4,5)6/h27-33,40-41H,16-26H2,1-15H3/t27-,28-,29-,30-,31-,32-,33-,37-,38-,39+/m0/s1. The lowest BCUT2D eigenvalue weighted by atomic mass is 9.44. The molecule has 0 aromatic heterocycles. The molecule has 45 heavy (non-hydrogen) atoms. The molecule has 0 aliphatic heterocycles. The van der Waals surface area contributed by atoms with Crippen LogP contribution in [-0.4, -0.2) is 50.3 Å². The summed E-state index contributed by atoms with van der Waals surface area (Å²) in [4.78, 5) is 0. The quantitative estimate of drug-likeness (QED) is 0.241. The van der Waals surface area contributed by atoms with Crippen LogP contribution in [0.4, 0.5) is 0 Å². The molecule has 10 atom stereocenters. The zero-order valence-electron chi connectivity index (χ0n) is 32.5. The maximum atomic E-state index is 12.1. The molecule has 264 valence electrons. The molecule has 0 bridgehead atoms. The van der Waals surface area contributed by atoms with Gasteiger partial charge in [0.25, 0.3) is 0 Å². The summed E-state index contributed by atoms with van der Waals surface area (Å²) in [7, 11) is -3.93. The first-order valence-electron chi connectivity index (χ1n) is 19.0. The predicted octanol–water partition coefficient (Wildman–Crippen LogP) is 10.7. The number of rotatable bonds is 9. The Bertz CT molecular complexity index is 1040. The van der Waals surface area contributed by atoms with Crippen molar-refractivity contribution in [2.75, 3.05) is 0 Å². The van der Waals surface area contributed by atoms with Crippen molar-refractivity contribution in [1.29, 1.82) is 0 Å². The third kappa shape index (κ3) is 7.14. The lowest BCUT2D eigenvalue weighted by molar-refractivity contribution is -0.162. The zero-order valence-corrected chi connectivity index (χ0v) is 34.5. The fraction of sp³-hybridized carbons (Fsp3) is 1.00. The molecular weight excluding hydrogens is 589 g/mol. The average Bonchev–Trinajstić information content (AvgIpc) is 3.23. The van der Waals surface area contributed by atoms with Gasteiger partial charge in [-0.25, -0.2) is 0 Å². The molecule has 0 spiro atoms. The summed E-state index contributed by atoms with van der Waals surface area (Å²) in [5, 5.41) is 23.0. The van der Waals surface area contributed by atoms with E-state index in [2.05, 4.69) is 88.5 Å². The normalized spacial score (nSPS) is 38.6. The summed E-state index contributed by atoms with van der Waals surface area (Å²) in [6, 6.07) is 0. The molecule has 0 saturated heterocycles. The second-order valence-corrected chi connectivity index (χ2v) is 30.5. The van der Waals surface area contributed by atoms with Crippen LogP contribution >= 0.6 is 0 Å². The lowest BCUT2D eigenvalue weighted by Gasteiger charge is -2.62. The molecule has 0 heterocycles. The van der Waals surface area contributed by atoms with Crippen LogP contribution in [0.25, 0.3) is 0 Å². The van der Waals surface area contributed by atoms with Crippen molar-refractivity contribution >= 4 is 16.6 Å². The second-order valence-electron chi connectivity index (χ2n) is 21.0. The van der Waals surface area contributed by atoms with Gasteiger partial charge >= 0.3 is 0 Å². The number of hydrogen-bond acceptors (Lipinski definition) is 4. The van der Waals surface area contributed by atoms with Crippen molar-refractivity contribution in [3.63, 3.8) is 0 Å². The number of aliphatic hydroxyl groups is 2. The highest BCUT2D eigenvalue weighted by Crippen LogP contribution is 2.69. The van der Waals surface area contributed by atoms with E-state index >= 15 is 0 Å². The maximum absolute atomic E-state index is 12.1. The van der Waals surface area contributed by atoms with Gasteiger partial charge in [-0.15, -0.1) is 0 Å². The predicted molar refractivity (Wildman–Crippen MR) is 196 cm³/mol. The van der Waals surface area contributed by atoms with Crippen LogP contribution in [-0.2, 0) is 8.85 Å². The third-order valence-electron chi connectivity index (χ3n) is 15.5. The van der Waals surface area contributed by atoms with Crippen molar-refractivity contribution in [2.24, 2.45) is 40.4 Å². The van der Waals surface area contributed by atoms with Gasteiger partial charge in [0.15, 0.2) is 16.6 Å². The lowest BCUT2D eigenvalue weighted by Crippen LogP contribution is -2.61. The Hall–Kier alpha value is 0.274. The minimum atomic E-state index is -2.17. The molecule has 2 N–H and O–H groups in total.